The van der Waals surface area contributed by atoms with Crippen molar-refractivity contribution in [2.75, 3.05) is 19.4 Å². The maximum atomic E-state index is 12.6. The summed E-state index contributed by atoms with van der Waals surface area (Å²) in [5.41, 5.74) is 3.10. The fraction of sp³-hybridized carbons (Fsp3) is 0.182. The smallest absolute Gasteiger partial charge is 0.291 e. The number of benzene rings is 2. The first kappa shape index (κ1) is 19.4. The zero-order valence-electron chi connectivity index (χ0n) is 16.0. The Morgan fingerprint density at radius 1 is 0.893 bits per heavy atom. The monoisotopic (exact) mass is 378 g/mol. The maximum Gasteiger partial charge on any atom is 0.291 e. The molecule has 6 heteroatoms. The van der Waals surface area contributed by atoms with Crippen LogP contribution in [-0.4, -0.2) is 25.9 Å². The molecule has 0 radical (unpaired) electrons. The second-order valence-corrected chi connectivity index (χ2v) is 6.86. The minimum atomic E-state index is -0.399. The Balaban J connectivity index is 1.63. The third-order valence-corrected chi connectivity index (χ3v) is 4.20. The number of amides is 2. The number of quaternary nitrogens is 1. The van der Waals surface area contributed by atoms with Crippen molar-refractivity contribution in [3.05, 3.63) is 89.4 Å². The molecule has 1 aromatic heterocycles. The largest absolute Gasteiger partial charge is 0.459 e. The molecule has 0 saturated carbocycles. The molecule has 28 heavy (non-hydrogen) atoms. The number of nitrogens with one attached hydrogen (secondary N) is 3. The second-order valence-electron chi connectivity index (χ2n) is 6.86. The van der Waals surface area contributed by atoms with Crippen LogP contribution in [0.5, 0.6) is 0 Å². The minimum Gasteiger partial charge on any atom is -0.459 e. The molecule has 0 aliphatic heterocycles. The van der Waals surface area contributed by atoms with E-state index in [0.29, 0.717) is 17.8 Å². The van der Waals surface area contributed by atoms with Crippen molar-refractivity contribution in [3.8, 4) is 0 Å². The number of rotatable bonds is 7. The average Bonchev–Trinajstić information content (AvgIpc) is 3.22. The first-order chi connectivity index (χ1) is 13.5. The molecule has 6 nitrogen and oxygen atoms in total. The minimum absolute atomic E-state index is 0.190. The number of anilines is 1. The zero-order chi connectivity index (χ0) is 19.9. The van der Waals surface area contributed by atoms with Crippen molar-refractivity contribution >= 4 is 17.5 Å². The first-order valence-corrected chi connectivity index (χ1v) is 9.12. The summed E-state index contributed by atoms with van der Waals surface area (Å²) in [7, 11) is 4.21. The van der Waals surface area contributed by atoms with E-state index in [1.54, 1.807) is 36.4 Å². The lowest BCUT2D eigenvalue weighted by molar-refractivity contribution is -0.872. The Morgan fingerprint density at radius 2 is 1.61 bits per heavy atom. The fourth-order valence-electron chi connectivity index (χ4n) is 2.84. The fourth-order valence-corrected chi connectivity index (χ4v) is 2.84. The molecule has 144 valence electrons. The summed E-state index contributed by atoms with van der Waals surface area (Å²) in [5.74, 6) is -0.462. The highest BCUT2D eigenvalue weighted by Crippen LogP contribution is 2.17. The molecule has 0 aliphatic carbocycles. The molecule has 0 fully saturated rings. The zero-order valence-corrected chi connectivity index (χ0v) is 16.0. The summed E-state index contributed by atoms with van der Waals surface area (Å²) >= 11 is 0. The van der Waals surface area contributed by atoms with Crippen LogP contribution in [0.3, 0.4) is 0 Å². The molecule has 3 N–H and O–H groups in total. The van der Waals surface area contributed by atoms with Crippen molar-refractivity contribution in [1.29, 1.82) is 0 Å². The molecule has 3 rings (SSSR count). The molecule has 3 aromatic rings. The van der Waals surface area contributed by atoms with Crippen molar-refractivity contribution < 1.29 is 18.9 Å². The number of hydrogen-bond donors (Lipinski definition) is 3. The van der Waals surface area contributed by atoms with E-state index in [1.165, 1.54) is 16.7 Å². The Hall–Kier alpha value is -3.38. The van der Waals surface area contributed by atoms with Gasteiger partial charge in [-0.25, -0.2) is 0 Å². The molecule has 0 bridgehead atoms. The average molecular weight is 378 g/mol. The lowest BCUT2D eigenvalue weighted by Crippen LogP contribution is -3.04. The molecule has 1 heterocycles. The molecule has 0 spiro atoms. The normalized spacial score (nSPS) is 10.7. The number of carbonyl (C=O) groups excluding carboxylic acids is 2. The van der Waals surface area contributed by atoms with Crippen molar-refractivity contribution in [1.82, 2.24) is 5.32 Å². The maximum absolute atomic E-state index is 12.6. The van der Waals surface area contributed by atoms with Crippen LogP contribution >= 0.6 is 0 Å². The number of carbonyl (C=O) groups is 2. The summed E-state index contributed by atoms with van der Waals surface area (Å²) in [6, 6.07) is 18.3. The van der Waals surface area contributed by atoms with E-state index in [4.69, 9.17) is 4.42 Å². The quantitative estimate of drug-likeness (QED) is 0.589. The van der Waals surface area contributed by atoms with Crippen LogP contribution in [0.15, 0.2) is 71.3 Å². The van der Waals surface area contributed by atoms with E-state index >= 15 is 0 Å². The number of para-hydroxylation sites is 1. The summed E-state index contributed by atoms with van der Waals surface area (Å²) < 4.78 is 5.09. The van der Waals surface area contributed by atoms with Gasteiger partial charge < -0.3 is 20.0 Å². The molecule has 0 unspecified atom stereocenters. The van der Waals surface area contributed by atoms with Crippen LogP contribution in [-0.2, 0) is 13.1 Å². The van der Waals surface area contributed by atoms with Crippen LogP contribution in [0.25, 0.3) is 0 Å². The topological polar surface area (TPSA) is 75.8 Å². The summed E-state index contributed by atoms with van der Waals surface area (Å²) in [5, 5.41) is 5.63. The third kappa shape index (κ3) is 5.08. The van der Waals surface area contributed by atoms with Crippen molar-refractivity contribution in [2.24, 2.45) is 0 Å². The van der Waals surface area contributed by atoms with Crippen molar-refractivity contribution in [2.45, 2.75) is 13.1 Å². The number of furan rings is 1. The Morgan fingerprint density at radius 3 is 2.29 bits per heavy atom. The van der Waals surface area contributed by atoms with Gasteiger partial charge in [0, 0.05) is 12.1 Å². The van der Waals surface area contributed by atoms with Gasteiger partial charge in [0.25, 0.3) is 11.8 Å². The van der Waals surface area contributed by atoms with Gasteiger partial charge in [-0.05, 0) is 29.8 Å². The van der Waals surface area contributed by atoms with Crippen LogP contribution in [0.2, 0.25) is 0 Å². The van der Waals surface area contributed by atoms with Gasteiger partial charge in [-0.3, -0.25) is 9.59 Å². The van der Waals surface area contributed by atoms with Crippen LogP contribution in [0.1, 0.15) is 32.0 Å². The Bertz CT molecular complexity index is 932. The Kier molecular flexibility index (Phi) is 6.24. The third-order valence-electron chi connectivity index (χ3n) is 4.20. The standard InChI is InChI=1S/C22H23N3O3/c1-25(2)15-17-11-9-16(10-12-17)14-23-21(26)18-6-3-4-7-19(18)24-22(27)20-8-5-13-28-20/h3-13H,14-15H2,1-2H3,(H,23,26)(H,24,27)/p+1. The molecule has 0 atom stereocenters. The van der Waals surface area contributed by atoms with Crippen LogP contribution < -0.4 is 15.5 Å². The Labute approximate surface area is 164 Å². The lowest BCUT2D eigenvalue weighted by atomic mass is 10.1. The SMILES string of the molecule is C[NH+](C)Cc1ccc(CNC(=O)c2ccccc2NC(=O)c2ccco2)cc1. The van der Waals surface area contributed by atoms with Gasteiger partial charge in [0.15, 0.2) is 5.76 Å². The molecular formula is C22H24N3O3+. The van der Waals surface area contributed by atoms with Crippen molar-refractivity contribution in [3.63, 3.8) is 0 Å². The predicted molar refractivity (Wildman–Crippen MR) is 107 cm³/mol. The highest BCUT2D eigenvalue weighted by atomic mass is 16.3. The van der Waals surface area contributed by atoms with Gasteiger partial charge in [-0.2, -0.15) is 0 Å². The van der Waals surface area contributed by atoms with E-state index in [9.17, 15) is 9.59 Å². The van der Waals surface area contributed by atoms with Gasteiger partial charge in [-0.1, -0.05) is 36.4 Å². The summed E-state index contributed by atoms with van der Waals surface area (Å²) in [6.07, 6.45) is 1.43. The van der Waals surface area contributed by atoms with Gasteiger partial charge in [0.1, 0.15) is 6.54 Å². The van der Waals surface area contributed by atoms with E-state index in [1.807, 2.05) is 12.1 Å². The molecule has 0 aliphatic rings. The molecule has 2 amide bonds. The van der Waals surface area contributed by atoms with Gasteiger partial charge in [0.05, 0.1) is 31.6 Å². The molecular weight excluding hydrogens is 354 g/mol. The predicted octanol–water partition coefficient (Wildman–Crippen LogP) is 2.11. The summed E-state index contributed by atoms with van der Waals surface area (Å²) in [6.45, 7) is 1.36. The summed E-state index contributed by atoms with van der Waals surface area (Å²) in [4.78, 5) is 26.2. The van der Waals surface area contributed by atoms with Crippen LogP contribution in [0.4, 0.5) is 5.69 Å². The van der Waals surface area contributed by atoms with Gasteiger partial charge >= 0.3 is 0 Å². The molecule has 0 saturated heterocycles. The first-order valence-electron chi connectivity index (χ1n) is 9.12. The van der Waals surface area contributed by atoms with E-state index < -0.39 is 5.91 Å². The van der Waals surface area contributed by atoms with E-state index in [2.05, 4.69) is 36.9 Å². The second kappa shape index (κ2) is 9.01. The highest BCUT2D eigenvalue weighted by molar-refractivity contribution is 6.07. The van der Waals surface area contributed by atoms with E-state index in [0.717, 1.165) is 12.1 Å². The number of hydrogen-bond acceptors (Lipinski definition) is 3. The highest BCUT2D eigenvalue weighted by Gasteiger charge is 2.15. The van der Waals surface area contributed by atoms with Crippen LogP contribution in [0, 0.1) is 0 Å². The molecule has 2 aromatic carbocycles. The lowest BCUT2D eigenvalue weighted by Gasteiger charge is -2.11. The van der Waals surface area contributed by atoms with Gasteiger partial charge in [-0.15, -0.1) is 0 Å². The van der Waals surface area contributed by atoms with Gasteiger partial charge in [0.2, 0.25) is 0 Å². The van der Waals surface area contributed by atoms with E-state index in [-0.39, 0.29) is 11.7 Å².